The van der Waals surface area contributed by atoms with Crippen molar-refractivity contribution in [1.29, 1.82) is 0 Å². The van der Waals surface area contributed by atoms with Crippen LogP contribution in [0.4, 0.5) is 0 Å². The molecular formula is C29H36N4O3. The zero-order valence-electron chi connectivity index (χ0n) is 21.3. The van der Waals surface area contributed by atoms with Gasteiger partial charge in [0.2, 0.25) is 11.8 Å². The smallest absolute Gasteiger partial charge is 0.228 e. The van der Waals surface area contributed by atoms with E-state index in [1.54, 1.807) is 7.11 Å². The predicted molar refractivity (Wildman–Crippen MR) is 140 cm³/mol. The van der Waals surface area contributed by atoms with Crippen molar-refractivity contribution in [1.82, 2.24) is 19.8 Å². The van der Waals surface area contributed by atoms with Crippen LogP contribution in [0.15, 0.2) is 48.5 Å². The zero-order valence-corrected chi connectivity index (χ0v) is 21.3. The summed E-state index contributed by atoms with van der Waals surface area (Å²) in [6.07, 6.45) is 4.68. The van der Waals surface area contributed by atoms with Gasteiger partial charge < -0.3 is 19.5 Å². The summed E-state index contributed by atoms with van der Waals surface area (Å²) in [6, 6.07) is 15.6. The van der Waals surface area contributed by atoms with Crippen molar-refractivity contribution in [3.05, 3.63) is 59.9 Å². The molecule has 0 bridgehead atoms. The number of amides is 2. The Hall–Kier alpha value is -3.35. The van der Waals surface area contributed by atoms with Crippen LogP contribution in [0.1, 0.15) is 68.8 Å². The summed E-state index contributed by atoms with van der Waals surface area (Å²) in [4.78, 5) is 39.2. The number of nitrogens with zero attached hydrogens (tertiary/aromatic N) is 3. The molecule has 0 saturated carbocycles. The van der Waals surface area contributed by atoms with E-state index in [2.05, 4.69) is 18.0 Å². The molecule has 2 aliphatic heterocycles. The number of nitrogens with one attached hydrogen (secondary N) is 1. The second-order valence-corrected chi connectivity index (χ2v) is 10.0. The quantitative estimate of drug-likeness (QED) is 0.504. The number of piperidine rings is 2. The molecule has 5 rings (SSSR count). The Morgan fingerprint density at radius 3 is 2.58 bits per heavy atom. The van der Waals surface area contributed by atoms with Gasteiger partial charge >= 0.3 is 0 Å². The van der Waals surface area contributed by atoms with Crippen LogP contribution in [0.2, 0.25) is 0 Å². The van der Waals surface area contributed by atoms with Gasteiger partial charge in [-0.25, -0.2) is 4.98 Å². The lowest BCUT2D eigenvalue weighted by molar-refractivity contribution is -0.148. The molecule has 1 N–H and O–H groups in total. The number of carbonyl (C=O) groups is 2. The molecule has 2 aliphatic rings. The maximum absolute atomic E-state index is 14.0. The van der Waals surface area contributed by atoms with Crippen molar-refractivity contribution in [2.75, 3.05) is 26.7 Å². The molecule has 0 aliphatic carbocycles. The molecule has 190 valence electrons. The highest BCUT2D eigenvalue weighted by atomic mass is 16.5. The highest BCUT2D eigenvalue weighted by molar-refractivity contribution is 5.85. The van der Waals surface area contributed by atoms with Crippen molar-refractivity contribution < 1.29 is 14.3 Å². The van der Waals surface area contributed by atoms with Crippen molar-refractivity contribution in [3.63, 3.8) is 0 Å². The standard InChI is InChI=1S/C29H36N4O3/c1-3-4-17-33-26(34)14-13-22(27(33)21-9-5-8-12-25(21)36-2)29(35)32-18-15-20(16-19-32)28-30-23-10-6-7-11-24(23)31-28/h5-12,20,22,27H,3-4,13-19H2,1-2H3,(H,30,31). The maximum atomic E-state index is 14.0. The van der Waals surface area contributed by atoms with Crippen LogP contribution in [-0.2, 0) is 9.59 Å². The largest absolute Gasteiger partial charge is 0.496 e. The summed E-state index contributed by atoms with van der Waals surface area (Å²) in [5, 5.41) is 0. The second kappa shape index (κ2) is 10.7. The number of methoxy groups -OCH3 is 1. The third-order valence-electron chi connectivity index (χ3n) is 7.83. The number of hydrogen-bond donors (Lipinski definition) is 1. The molecule has 2 aromatic carbocycles. The number of aromatic nitrogens is 2. The number of rotatable bonds is 7. The van der Waals surface area contributed by atoms with Crippen LogP contribution in [0.5, 0.6) is 5.75 Å². The first kappa shape index (κ1) is 24.3. The third-order valence-corrected chi connectivity index (χ3v) is 7.83. The second-order valence-electron chi connectivity index (χ2n) is 10.0. The van der Waals surface area contributed by atoms with Crippen molar-refractivity contribution >= 4 is 22.8 Å². The molecule has 0 spiro atoms. The van der Waals surface area contributed by atoms with Gasteiger partial charge in [0.1, 0.15) is 11.6 Å². The van der Waals surface area contributed by atoms with Crippen molar-refractivity contribution in [2.45, 2.75) is 57.4 Å². The van der Waals surface area contributed by atoms with Crippen molar-refractivity contribution in [3.8, 4) is 5.75 Å². The van der Waals surface area contributed by atoms with Gasteiger partial charge in [-0.05, 0) is 43.9 Å². The molecule has 2 unspecified atom stereocenters. The molecule has 3 heterocycles. The Bertz CT molecular complexity index is 1180. The van der Waals surface area contributed by atoms with Gasteiger partial charge in [-0.3, -0.25) is 9.59 Å². The van der Waals surface area contributed by atoms with Crippen LogP contribution >= 0.6 is 0 Å². The zero-order chi connectivity index (χ0) is 25.1. The molecule has 3 aromatic rings. The summed E-state index contributed by atoms with van der Waals surface area (Å²) < 4.78 is 5.67. The number of fused-ring (bicyclic) bond motifs is 1. The number of para-hydroxylation sites is 3. The maximum Gasteiger partial charge on any atom is 0.228 e. The average Bonchev–Trinajstić information content (AvgIpc) is 3.36. The minimum atomic E-state index is -0.297. The van der Waals surface area contributed by atoms with Gasteiger partial charge in [0, 0.05) is 37.5 Å². The molecule has 7 nitrogen and oxygen atoms in total. The fourth-order valence-electron chi connectivity index (χ4n) is 5.87. The average molecular weight is 489 g/mol. The molecule has 2 atom stereocenters. The SMILES string of the molecule is CCCCN1C(=O)CCC(C(=O)N2CCC(c3nc4ccccc4[nH]3)CC2)C1c1ccccc1OC. The number of benzene rings is 2. The summed E-state index contributed by atoms with van der Waals surface area (Å²) in [5.74, 6) is 2.10. The summed E-state index contributed by atoms with van der Waals surface area (Å²) >= 11 is 0. The molecule has 2 saturated heterocycles. The van der Waals surface area contributed by atoms with E-state index in [9.17, 15) is 9.59 Å². The summed E-state index contributed by atoms with van der Waals surface area (Å²) in [6.45, 7) is 4.20. The molecule has 0 radical (unpaired) electrons. The number of hydrogen-bond acceptors (Lipinski definition) is 4. The van der Waals surface area contributed by atoms with Gasteiger partial charge in [-0.2, -0.15) is 0 Å². The monoisotopic (exact) mass is 488 g/mol. The fraction of sp³-hybridized carbons (Fsp3) is 0.483. The van der Waals surface area contributed by atoms with Crippen LogP contribution < -0.4 is 4.74 Å². The number of unbranched alkanes of at least 4 members (excludes halogenated alkanes) is 1. The van der Waals surface area contributed by atoms with Crippen LogP contribution in [0, 0.1) is 5.92 Å². The first-order chi connectivity index (χ1) is 17.6. The Kier molecular flexibility index (Phi) is 7.25. The number of carbonyl (C=O) groups excluding carboxylic acids is 2. The van der Waals surface area contributed by atoms with Crippen LogP contribution in [0.25, 0.3) is 11.0 Å². The van der Waals surface area contributed by atoms with E-state index in [0.29, 0.717) is 38.4 Å². The first-order valence-corrected chi connectivity index (χ1v) is 13.3. The molecule has 1 aromatic heterocycles. The minimum absolute atomic E-state index is 0.131. The highest BCUT2D eigenvalue weighted by Gasteiger charge is 2.43. The lowest BCUT2D eigenvalue weighted by Crippen LogP contribution is -2.50. The topological polar surface area (TPSA) is 78.5 Å². The van der Waals surface area contributed by atoms with E-state index < -0.39 is 0 Å². The number of H-pyrrole nitrogens is 1. The van der Waals surface area contributed by atoms with E-state index in [1.807, 2.05) is 52.3 Å². The molecule has 2 fully saturated rings. The lowest BCUT2D eigenvalue weighted by atomic mass is 9.82. The van der Waals surface area contributed by atoms with Crippen LogP contribution in [0.3, 0.4) is 0 Å². The van der Waals surface area contributed by atoms with Gasteiger partial charge in [0.05, 0.1) is 30.1 Å². The molecular weight excluding hydrogens is 452 g/mol. The van der Waals surface area contributed by atoms with Crippen LogP contribution in [-0.4, -0.2) is 58.3 Å². The molecule has 2 amide bonds. The summed E-state index contributed by atoms with van der Waals surface area (Å²) in [5.41, 5.74) is 2.98. The molecule has 36 heavy (non-hydrogen) atoms. The minimum Gasteiger partial charge on any atom is -0.496 e. The highest BCUT2D eigenvalue weighted by Crippen LogP contribution is 2.42. The van der Waals surface area contributed by atoms with Gasteiger partial charge in [-0.15, -0.1) is 0 Å². The first-order valence-electron chi connectivity index (χ1n) is 13.3. The number of likely N-dealkylation sites (tertiary alicyclic amines) is 2. The van der Waals surface area contributed by atoms with E-state index in [0.717, 1.165) is 53.9 Å². The van der Waals surface area contributed by atoms with Crippen molar-refractivity contribution in [2.24, 2.45) is 5.92 Å². The fourth-order valence-corrected chi connectivity index (χ4v) is 5.87. The van der Waals surface area contributed by atoms with E-state index in [-0.39, 0.29) is 23.8 Å². The van der Waals surface area contributed by atoms with E-state index >= 15 is 0 Å². The van der Waals surface area contributed by atoms with E-state index in [1.165, 1.54) is 0 Å². The third kappa shape index (κ3) is 4.71. The number of aromatic amines is 1. The summed E-state index contributed by atoms with van der Waals surface area (Å²) in [7, 11) is 1.65. The normalized spacial score (nSPS) is 21.2. The van der Waals surface area contributed by atoms with Gasteiger partial charge in [-0.1, -0.05) is 43.7 Å². The predicted octanol–water partition coefficient (Wildman–Crippen LogP) is 5.06. The van der Waals surface area contributed by atoms with E-state index in [4.69, 9.17) is 9.72 Å². The Balaban J connectivity index is 1.35. The lowest BCUT2D eigenvalue weighted by Gasteiger charge is -2.43. The number of ether oxygens (including phenoxy) is 1. The molecule has 7 heteroatoms. The Labute approximate surface area is 212 Å². The number of imidazole rings is 1. The Morgan fingerprint density at radius 1 is 1.08 bits per heavy atom. The Morgan fingerprint density at radius 2 is 1.83 bits per heavy atom. The van der Waals surface area contributed by atoms with Gasteiger partial charge in [0.15, 0.2) is 0 Å². The van der Waals surface area contributed by atoms with Gasteiger partial charge in [0.25, 0.3) is 0 Å².